The first kappa shape index (κ1) is 62.1. The van der Waals surface area contributed by atoms with Gasteiger partial charge in [0.1, 0.15) is 36.3 Å². The van der Waals surface area contributed by atoms with Gasteiger partial charge in [0.2, 0.25) is 53.2 Å². The standard InChI is InChI=1S/C44H69N13O15/c1-22(2)16-29(56-41(69)30(17-25-10-7-6-8-11-25)55-38(66)26(45)18-35(63)64)40(68)52-24(5)37(65)53-27(13-14-34(61)62)39(67)51-20-32(59)49-19-31(58)50-21-33(60)57-36(23(3)4)42(70)54-28(43(71)72)12-9-15-48-44(46)47/h6-8,10-11,22-24,26-30,36H,9,12-21,45H2,1-5H3,(H,49,59)(H,50,58)(H,51,67)(H,52,68)(H,53,65)(H,54,70)(H,55,66)(H,56,69)(H,57,60)(H,61,62)(H,63,64)(H,71,72)(H4,46,47,48)/t24-,26-,27-,28-,29-,30-,36-/m0/s1. The third kappa shape index (κ3) is 25.6. The van der Waals surface area contributed by atoms with Crippen LogP contribution in [0.1, 0.15) is 78.7 Å². The molecule has 28 nitrogen and oxygen atoms in total. The Labute approximate surface area is 414 Å². The van der Waals surface area contributed by atoms with Crippen LogP contribution in [0.3, 0.4) is 0 Å². The monoisotopic (exact) mass is 1020 g/mol. The number of nitrogens with zero attached hydrogens (tertiary/aromatic N) is 1. The van der Waals surface area contributed by atoms with Crippen molar-refractivity contribution in [2.45, 2.75) is 122 Å². The van der Waals surface area contributed by atoms with E-state index in [-0.39, 0.29) is 44.1 Å². The van der Waals surface area contributed by atoms with Crippen LogP contribution in [-0.2, 0) is 64.0 Å². The Bertz CT molecular complexity index is 2100. The summed E-state index contributed by atoms with van der Waals surface area (Å²) in [6.45, 7) is 5.95. The number of guanidine groups is 1. The second kappa shape index (κ2) is 32.1. The maximum Gasteiger partial charge on any atom is 0.326 e. The van der Waals surface area contributed by atoms with Crippen LogP contribution in [0.15, 0.2) is 35.3 Å². The van der Waals surface area contributed by atoms with Gasteiger partial charge in [-0.1, -0.05) is 58.0 Å². The van der Waals surface area contributed by atoms with Crippen LogP contribution in [0.5, 0.6) is 0 Å². The van der Waals surface area contributed by atoms with Gasteiger partial charge in [-0.25, -0.2) is 4.79 Å². The van der Waals surface area contributed by atoms with E-state index in [2.05, 4.69) is 52.8 Å². The van der Waals surface area contributed by atoms with E-state index in [1.807, 2.05) is 0 Å². The molecule has 0 radical (unpaired) electrons. The van der Waals surface area contributed by atoms with Crippen molar-refractivity contribution < 1.29 is 72.9 Å². The summed E-state index contributed by atoms with van der Waals surface area (Å²) in [5.41, 5.74) is 16.8. The number of nitrogens with one attached hydrogen (secondary N) is 9. The van der Waals surface area contributed by atoms with Crippen molar-refractivity contribution in [3.05, 3.63) is 35.9 Å². The van der Waals surface area contributed by atoms with Crippen molar-refractivity contribution in [3.63, 3.8) is 0 Å². The Kier molecular flexibility index (Phi) is 27.7. The maximum absolute atomic E-state index is 13.6. The van der Waals surface area contributed by atoms with Gasteiger partial charge in [0, 0.05) is 19.4 Å². The molecule has 0 aliphatic heterocycles. The molecule has 7 atom stereocenters. The quantitative estimate of drug-likeness (QED) is 0.0178. The lowest BCUT2D eigenvalue weighted by Gasteiger charge is -2.26. The molecule has 0 heterocycles. The second-order valence-corrected chi connectivity index (χ2v) is 17.3. The number of carbonyl (C=O) groups is 12. The van der Waals surface area contributed by atoms with E-state index < -0.39 is 158 Å². The summed E-state index contributed by atoms with van der Waals surface area (Å²) in [7, 11) is 0. The highest BCUT2D eigenvalue weighted by Gasteiger charge is 2.33. The zero-order valence-corrected chi connectivity index (χ0v) is 40.8. The fraction of sp³-hybridized carbons (Fsp3) is 0.568. The van der Waals surface area contributed by atoms with Crippen LogP contribution in [0.4, 0.5) is 0 Å². The van der Waals surface area contributed by atoms with Gasteiger partial charge in [-0.2, -0.15) is 0 Å². The van der Waals surface area contributed by atoms with Gasteiger partial charge in [-0.05, 0) is 50.0 Å². The highest BCUT2D eigenvalue weighted by molar-refractivity contribution is 5.97. The zero-order valence-electron chi connectivity index (χ0n) is 40.8. The average molecular weight is 1020 g/mol. The predicted molar refractivity (Wildman–Crippen MR) is 255 cm³/mol. The molecular formula is C44H69N13O15. The number of carboxylic acid groups (broad SMARTS) is 3. The lowest BCUT2D eigenvalue weighted by atomic mass is 10.0. The molecule has 1 aromatic carbocycles. The normalized spacial score (nSPS) is 13.7. The number of benzene rings is 1. The van der Waals surface area contributed by atoms with Gasteiger partial charge in [0.15, 0.2) is 5.96 Å². The molecule has 0 saturated heterocycles. The molecule has 0 spiro atoms. The number of aliphatic carboxylic acids is 3. The molecule has 0 unspecified atom stereocenters. The first-order valence-electron chi connectivity index (χ1n) is 22.8. The molecule has 18 N–H and O–H groups in total. The van der Waals surface area contributed by atoms with Crippen molar-refractivity contribution in [2.75, 3.05) is 26.2 Å². The third-order valence-electron chi connectivity index (χ3n) is 10.2. The van der Waals surface area contributed by atoms with Gasteiger partial charge in [0.25, 0.3) is 0 Å². The van der Waals surface area contributed by atoms with E-state index in [0.29, 0.717) is 5.56 Å². The molecule has 0 aromatic heterocycles. The number of nitrogens with two attached hydrogens (primary N) is 3. The summed E-state index contributed by atoms with van der Waals surface area (Å²) in [6.07, 6.45) is -1.61. The van der Waals surface area contributed by atoms with Crippen LogP contribution in [0.2, 0.25) is 0 Å². The molecule has 0 fully saturated rings. The van der Waals surface area contributed by atoms with Crippen molar-refractivity contribution in [1.29, 1.82) is 0 Å². The first-order valence-corrected chi connectivity index (χ1v) is 22.8. The first-order chi connectivity index (χ1) is 33.7. The Morgan fingerprint density at radius 3 is 1.65 bits per heavy atom. The second-order valence-electron chi connectivity index (χ2n) is 17.3. The van der Waals surface area contributed by atoms with E-state index in [1.54, 1.807) is 58.0 Å². The fourth-order valence-corrected chi connectivity index (χ4v) is 6.36. The van der Waals surface area contributed by atoms with Gasteiger partial charge in [0.05, 0.1) is 32.1 Å². The molecule has 0 aliphatic carbocycles. The lowest BCUT2D eigenvalue weighted by Crippen LogP contribution is -2.59. The minimum absolute atomic E-state index is 0.0165. The predicted octanol–water partition coefficient (Wildman–Crippen LogP) is -4.99. The van der Waals surface area contributed by atoms with Crippen LogP contribution in [-0.4, -0.2) is 161 Å². The number of hydrogen-bond donors (Lipinski definition) is 15. The SMILES string of the molecule is CC(C)C[C@H](NC(=O)[C@H](Cc1ccccc1)NC(=O)[C@@H](N)CC(=O)O)C(=O)N[C@@H](C)C(=O)N[C@@H](CCC(=O)O)C(=O)NCC(=O)NCC(=O)NCC(=O)N[C@H](C(=O)N[C@@H](CCCN=C(N)N)C(=O)O)C(C)C. The molecule has 72 heavy (non-hydrogen) atoms. The summed E-state index contributed by atoms with van der Waals surface area (Å²) in [4.78, 5) is 155. The van der Waals surface area contributed by atoms with E-state index in [4.69, 9.17) is 22.3 Å². The Morgan fingerprint density at radius 2 is 1.11 bits per heavy atom. The molecule has 1 rings (SSSR count). The van der Waals surface area contributed by atoms with E-state index in [0.717, 1.165) is 0 Å². The average Bonchev–Trinajstić information content (AvgIpc) is 3.29. The molecule has 0 saturated carbocycles. The number of hydrogen-bond acceptors (Lipinski definition) is 14. The number of aliphatic imine (C=N–C) groups is 1. The van der Waals surface area contributed by atoms with Crippen molar-refractivity contribution >= 4 is 77.0 Å². The summed E-state index contributed by atoms with van der Waals surface area (Å²) in [5.74, 6) is -12.9. The fourth-order valence-electron chi connectivity index (χ4n) is 6.36. The highest BCUT2D eigenvalue weighted by Crippen LogP contribution is 2.10. The van der Waals surface area contributed by atoms with Crippen molar-refractivity contribution in [2.24, 2.45) is 34.0 Å². The molecule has 400 valence electrons. The topological polar surface area (TPSA) is 464 Å². The molecular weight excluding hydrogens is 951 g/mol. The number of amides is 9. The summed E-state index contributed by atoms with van der Waals surface area (Å²) >= 11 is 0. The van der Waals surface area contributed by atoms with Gasteiger partial charge < -0.3 is 80.4 Å². The van der Waals surface area contributed by atoms with E-state index in [1.165, 1.54) is 6.92 Å². The van der Waals surface area contributed by atoms with E-state index >= 15 is 0 Å². The Hall–Kier alpha value is -7.91. The highest BCUT2D eigenvalue weighted by atomic mass is 16.4. The third-order valence-corrected chi connectivity index (χ3v) is 10.2. The summed E-state index contributed by atoms with van der Waals surface area (Å²) in [6, 6.07) is -1.07. The lowest BCUT2D eigenvalue weighted by molar-refractivity contribution is -0.142. The Balaban J connectivity index is 2.88. The minimum atomic E-state index is -1.55. The Morgan fingerprint density at radius 1 is 0.569 bits per heavy atom. The smallest absolute Gasteiger partial charge is 0.326 e. The number of carbonyl (C=O) groups excluding carboxylic acids is 9. The molecule has 0 bridgehead atoms. The summed E-state index contributed by atoms with van der Waals surface area (Å²) in [5, 5.41) is 49.1. The van der Waals surface area contributed by atoms with Crippen LogP contribution in [0, 0.1) is 11.8 Å². The van der Waals surface area contributed by atoms with Crippen LogP contribution < -0.4 is 65.1 Å². The van der Waals surface area contributed by atoms with E-state index in [9.17, 15) is 67.7 Å². The maximum atomic E-state index is 13.6. The summed E-state index contributed by atoms with van der Waals surface area (Å²) < 4.78 is 0. The van der Waals surface area contributed by atoms with Crippen LogP contribution in [0.25, 0.3) is 0 Å². The molecule has 9 amide bonds. The molecule has 0 aliphatic rings. The van der Waals surface area contributed by atoms with Gasteiger partial charge in [-0.3, -0.25) is 57.7 Å². The molecule has 1 aromatic rings. The van der Waals surface area contributed by atoms with Gasteiger partial charge in [-0.15, -0.1) is 0 Å². The minimum Gasteiger partial charge on any atom is -0.481 e. The molecule has 28 heteroatoms. The van der Waals surface area contributed by atoms with Gasteiger partial charge >= 0.3 is 17.9 Å². The number of carboxylic acids is 3. The van der Waals surface area contributed by atoms with Crippen LogP contribution >= 0.6 is 0 Å². The number of rotatable bonds is 33. The zero-order chi connectivity index (χ0) is 54.7. The van der Waals surface area contributed by atoms with Crippen molar-refractivity contribution in [3.8, 4) is 0 Å². The van der Waals surface area contributed by atoms with Crippen molar-refractivity contribution in [1.82, 2.24) is 47.9 Å². The largest absolute Gasteiger partial charge is 0.481 e.